The molecule has 1 fully saturated rings. The topological polar surface area (TPSA) is 48.7 Å². The van der Waals surface area contributed by atoms with E-state index < -0.39 is 29.8 Å². The standard InChI is InChI=1S/C24H21F3O4/c1-3-22(28)31-21-12-11-20(23(21,2)24(25,26)27)29-17-10-9-16-13-18(30-19(16)14-17)15-7-5-4-6-8-15/h3-10,13-14,20-21H,1,11-12H2,2H3. The van der Waals surface area contributed by atoms with Crippen molar-refractivity contribution in [2.75, 3.05) is 0 Å². The fraction of sp³-hybridized carbons (Fsp3) is 0.292. The fourth-order valence-electron chi connectivity index (χ4n) is 4.02. The summed E-state index contributed by atoms with van der Waals surface area (Å²) in [5.74, 6) is 0.0364. The molecule has 4 rings (SSSR count). The minimum atomic E-state index is -4.63. The summed E-state index contributed by atoms with van der Waals surface area (Å²) in [7, 11) is 0. The Bertz CT molecular complexity index is 1100. The molecule has 4 nitrogen and oxygen atoms in total. The molecule has 0 saturated heterocycles. The number of rotatable bonds is 5. The van der Waals surface area contributed by atoms with Gasteiger partial charge >= 0.3 is 12.1 Å². The number of benzene rings is 2. The number of carbonyl (C=O) groups excluding carboxylic acids is 1. The molecule has 31 heavy (non-hydrogen) atoms. The van der Waals surface area contributed by atoms with Crippen LogP contribution in [0.5, 0.6) is 5.75 Å². The van der Waals surface area contributed by atoms with Crippen LogP contribution in [0, 0.1) is 5.41 Å². The van der Waals surface area contributed by atoms with Crippen LogP contribution in [0.4, 0.5) is 13.2 Å². The summed E-state index contributed by atoms with van der Waals surface area (Å²) < 4.78 is 58.8. The summed E-state index contributed by atoms with van der Waals surface area (Å²) in [5.41, 5.74) is -0.940. The first-order valence-electron chi connectivity index (χ1n) is 9.88. The third-order valence-electron chi connectivity index (χ3n) is 5.89. The molecular weight excluding hydrogens is 409 g/mol. The van der Waals surface area contributed by atoms with E-state index in [4.69, 9.17) is 13.9 Å². The Morgan fingerprint density at radius 2 is 1.84 bits per heavy atom. The molecule has 0 radical (unpaired) electrons. The van der Waals surface area contributed by atoms with E-state index in [0.717, 1.165) is 23.9 Å². The SMILES string of the molecule is C=CC(=O)OC1CCC(Oc2ccc3cc(-c4ccccc4)oc3c2)C1(C)C(F)(F)F. The molecule has 3 unspecified atom stereocenters. The Balaban J connectivity index is 1.61. The molecular formula is C24H21F3O4. The molecule has 0 N–H and O–H groups in total. The van der Waals surface area contributed by atoms with Gasteiger partial charge in [-0.25, -0.2) is 4.79 Å². The molecule has 7 heteroatoms. The summed E-state index contributed by atoms with van der Waals surface area (Å²) >= 11 is 0. The van der Waals surface area contributed by atoms with Crippen molar-refractivity contribution < 1.29 is 31.9 Å². The van der Waals surface area contributed by atoms with E-state index in [1.807, 2.05) is 36.4 Å². The van der Waals surface area contributed by atoms with Gasteiger partial charge in [0.15, 0.2) is 0 Å². The number of esters is 1. The van der Waals surface area contributed by atoms with Gasteiger partial charge in [0.1, 0.15) is 34.7 Å². The monoisotopic (exact) mass is 430 g/mol. The van der Waals surface area contributed by atoms with Crippen molar-refractivity contribution in [2.45, 2.75) is 38.1 Å². The van der Waals surface area contributed by atoms with Gasteiger partial charge in [-0.3, -0.25) is 0 Å². The zero-order chi connectivity index (χ0) is 22.2. The minimum absolute atomic E-state index is 0.0431. The molecule has 1 aromatic heterocycles. The van der Waals surface area contributed by atoms with Crippen molar-refractivity contribution in [1.29, 1.82) is 0 Å². The van der Waals surface area contributed by atoms with Crippen LogP contribution in [-0.2, 0) is 9.53 Å². The van der Waals surface area contributed by atoms with E-state index in [9.17, 15) is 18.0 Å². The minimum Gasteiger partial charge on any atom is -0.489 e. The summed E-state index contributed by atoms with van der Waals surface area (Å²) in [6.45, 7) is 4.29. The Kier molecular flexibility index (Phi) is 5.29. The molecule has 1 heterocycles. The molecule has 1 aliphatic carbocycles. The van der Waals surface area contributed by atoms with Crippen LogP contribution in [0.25, 0.3) is 22.3 Å². The van der Waals surface area contributed by atoms with Gasteiger partial charge in [0, 0.05) is 23.1 Å². The molecule has 0 aliphatic heterocycles. The average molecular weight is 430 g/mol. The Morgan fingerprint density at radius 1 is 1.13 bits per heavy atom. The Labute approximate surface area is 177 Å². The zero-order valence-electron chi connectivity index (χ0n) is 16.8. The number of halogens is 3. The van der Waals surface area contributed by atoms with Crippen LogP contribution in [-0.4, -0.2) is 24.4 Å². The largest absolute Gasteiger partial charge is 0.489 e. The highest BCUT2D eigenvalue weighted by Crippen LogP contribution is 2.53. The van der Waals surface area contributed by atoms with Gasteiger partial charge in [-0.2, -0.15) is 13.2 Å². The second kappa shape index (κ2) is 7.80. The number of fused-ring (bicyclic) bond motifs is 1. The quantitative estimate of drug-likeness (QED) is 0.352. The van der Waals surface area contributed by atoms with Gasteiger partial charge in [0.25, 0.3) is 0 Å². The molecule has 0 spiro atoms. The van der Waals surface area contributed by atoms with Gasteiger partial charge < -0.3 is 13.9 Å². The molecule has 3 atom stereocenters. The van der Waals surface area contributed by atoms with Gasteiger partial charge in [0.05, 0.1) is 0 Å². The number of hydrogen-bond acceptors (Lipinski definition) is 4. The highest BCUT2D eigenvalue weighted by Gasteiger charge is 2.66. The smallest absolute Gasteiger partial charge is 0.401 e. The first kappa shape index (κ1) is 21.0. The maximum Gasteiger partial charge on any atom is 0.401 e. The number of alkyl halides is 3. The van der Waals surface area contributed by atoms with Gasteiger partial charge in [-0.1, -0.05) is 36.9 Å². The Hall–Kier alpha value is -3.22. The number of carbonyl (C=O) groups is 1. The van der Waals surface area contributed by atoms with Crippen LogP contribution in [0.1, 0.15) is 19.8 Å². The fourth-order valence-corrected chi connectivity index (χ4v) is 4.02. The number of ether oxygens (including phenoxy) is 2. The summed E-state index contributed by atoms with van der Waals surface area (Å²) in [4.78, 5) is 11.6. The lowest BCUT2D eigenvalue weighted by Gasteiger charge is -2.37. The summed E-state index contributed by atoms with van der Waals surface area (Å²) in [6.07, 6.45) is -6.19. The maximum atomic E-state index is 14.0. The lowest BCUT2D eigenvalue weighted by molar-refractivity contribution is -0.262. The van der Waals surface area contributed by atoms with Crippen molar-refractivity contribution in [3.05, 3.63) is 67.3 Å². The number of furan rings is 1. The first-order valence-corrected chi connectivity index (χ1v) is 9.88. The van der Waals surface area contributed by atoms with Crippen molar-refractivity contribution in [2.24, 2.45) is 5.41 Å². The summed E-state index contributed by atoms with van der Waals surface area (Å²) in [6, 6.07) is 16.3. The van der Waals surface area contributed by atoms with Crippen LogP contribution >= 0.6 is 0 Å². The normalized spacial score (nSPS) is 23.6. The third kappa shape index (κ3) is 3.80. The second-order valence-electron chi connectivity index (χ2n) is 7.77. The first-order chi connectivity index (χ1) is 14.7. The van der Waals surface area contributed by atoms with Crippen LogP contribution in [0.2, 0.25) is 0 Å². The third-order valence-corrected chi connectivity index (χ3v) is 5.89. The Morgan fingerprint density at radius 3 is 2.52 bits per heavy atom. The van der Waals surface area contributed by atoms with Gasteiger partial charge in [0.2, 0.25) is 0 Å². The average Bonchev–Trinajstić information content (AvgIpc) is 3.31. The van der Waals surface area contributed by atoms with Crippen LogP contribution in [0.15, 0.2) is 71.7 Å². The van der Waals surface area contributed by atoms with Crippen LogP contribution in [0.3, 0.4) is 0 Å². The lowest BCUT2D eigenvalue weighted by atomic mass is 9.83. The van der Waals surface area contributed by atoms with Crippen molar-refractivity contribution >= 4 is 16.9 Å². The van der Waals surface area contributed by atoms with Crippen LogP contribution < -0.4 is 4.74 Å². The van der Waals surface area contributed by atoms with Crippen molar-refractivity contribution in [1.82, 2.24) is 0 Å². The number of hydrogen-bond donors (Lipinski definition) is 0. The van der Waals surface area contributed by atoms with E-state index >= 15 is 0 Å². The van der Waals surface area contributed by atoms with E-state index in [-0.39, 0.29) is 18.6 Å². The molecule has 162 valence electrons. The van der Waals surface area contributed by atoms with E-state index in [0.29, 0.717) is 11.3 Å². The molecule has 2 aromatic carbocycles. The van der Waals surface area contributed by atoms with Crippen molar-refractivity contribution in [3.8, 4) is 17.1 Å². The molecule has 1 aliphatic rings. The summed E-state index contributed by atoms with van der Waals surface area (Å²) in [5, 5.41) is 0.814. The van der Waals surface area contributed by atoms with E-state index in [1.54, 1.807) is 18.2 Å². The van der Waals surface area contributed by atoms with E-state index in [1.165, 1.54) is 0 Å². The molecule has 3 aromatic rings. The van der Waals surface area contributed by atoms with Crippen molar-refractivity contribution in [3.63, 3.8) is 0 Å². The second-order valence-corrected chi connectivity index (χ2v) is 7.77. The van der Waals surface area contributed by atoms with E-state index in [2.05, 4.69) is 6.58 Å². The predicted octanol–water partition coefficient (Wildman–Crippen LogP) is 6.31. The molecule has 0 bridgehead atoms. The maximum absolute atomic E-state index is 14.0. The molecule has 1 saturated carbocycles. The highest BCUT2D eigenvalue weighted by molar-refractivity contribution is 5.84. The van der Waals surface area contributed by atoms with Gasteiger partial charge in [-0.15, -0.1) is 0 Å². The highest BCUT2D eigenvalue weighted by atomic mass is 19.4. The zero-order valence-corrected chi connectivity index (χ0v) is 16.8. The lowest BCUT2D eigenvalue weighted by Crippen LogP contribution is -2.51. The molecule has 0 amide bonds. The predicted molar refractivity (Wildman–Crippen MR) is 110 cm³/mol. The van der Waals surface area contributed by atoms with Gasteiger partial charge in [-0.05, 0) is 38.0 Å².